The summed E-state index contributed by atoms with van der Waals surface area (Å²) < 4.78 is 48.2. The number of hydrogen-bond donors (Lipinski definition) is 2. The molecule has 3 fully saturated rings. The van der Waals surface area contributed by atoms with Gasteiger partial charge in [0, 0.05) is 71.8 Å². The first kappa shape index (κ1) is 58.4. The summed E-state index contributed by atoms with van der Waals surface area (Å²) in [6.45, 7) is 15.9. The van der Waals surface area contributed by atoms with Crippen LogP contribution in [0.15, 0.2) is 47.6 Å². The molecule has 1 amide bonds. The van der Waals surface area contributed by atoms with Gasteiger partial charge >= 0.3 is 5.97 Å². The number of cyclic esters (lactones) is 1. The highest BCUT2D eigenvalue weighted by molar-refractivity contribution is 7.57. The van der Waals surface area contributed by atoms with E-state index in [0.717, 1.165) is 12.0 Å². The topological polar surface area (TPSA) is 201 Å². The van der Waals surface area contributed by atoms with Gasteiger partial charge in [0.15, 0.2) is 13.2 Å². The van der Waals surface area contributed by atoms with Crippen molar-refractivity contribution in [3.05, 3.63) is 47.6 Å². The van der Waals surface area contributed by atoms with E-state index < -0.39 is 85.1 Å². The molecule has 0 aromatic rings. The Bertz CT molecular complexity index is 1940. The van der Waals surface area contributed by atoms with Gasteiger partial charge in [-0.15, -0.1) is 0 Å². The number of amides is 1. The van der Waals surface area contributed by atoms with Crippen LogP contribution in [0.25, 0.3) is 0 Å². The fourth-order valence-corrected chi connectivity index (χ4v) is 11.4. The first-order chi connectivity index (χ1) is 32.4. The SMILES string of the molecule is CO[C@H]1CC2CC[C@@H](C)[C@@](O)(O2)C(=O)C(=O)N2CCCC[C@H]2C(=O)O[C@H]([C@H](C)C[C@@H]2CCC(OP(C)(C)=O)[C@H](OC)C2)CC(=O)[C@H](C)/C=C(\C)[C@@H](O)[C@@H](OC)C(=O)[C@H](C)C[C@H](C)\C=C/C=C/C=C/1C. The summed E-state index contributed by atoms with van der Waals surface area (Å²) in [5.74, 6) is -8.11. The average Bonchev–Trinajstić information content (AvgIpc) is 3.30. The number of nitrogens with zero attached hydrogens (tertiary/aromatic N) is 1. The van der Waals surface area contributed by atoms with Crippen LogP contribution in [0.5, 0.6) is 0 Å². The molecule has 0 aromatic heterocycles. The van der Waals surface area contributed by atoms with E-state index in [2.05, 4.69) is 0 Å². The van der Waals surface area contributed by atoms with Crippen LogP contribution >= 0.6 is 7.37 Å². The van der Waals surface area contributed by atoms with Crippen molar-refractivity contribution in [1.82, 2.24) is 4.90 Å². The van der Waals surface area contributed by atoms with E-state index in [9.17, 15) is 38.8 Å². The second-order valence-corrected chi connectivity index (χ2v) is 23.6. The monoisotopic (exact) mass is 990 g/mol. The lowest BCUT2D eigenvalue weighted by molar-refractivity contribution is -0.265. The van der Waals surface area contributed by atoms with Crippen LogP contribution in [0.4, 0.5) is 0 Å². The van der Waals surface area contributed by atoms with Gasteiger partial charge < -0.3 is 43.3 Å². The van der Waals surface area contributed by atoms with E-state index in [1.165, 1.54) is 12.0 Å². The summed E-state index contributed by atoms with van der Waals surface area (Å²) >= 11 is 0. The Kier molecular flexibility index (Phi) is 22.5. The smallest absolute Gasteiger partial charge is 0.329 e. The number of fused-ring (bicyclic) bond motifs is 3. The lowest BCUT2D eigenvalue weighted by Crippen LogP contribution is -2.61. The van der Waals surface area contributed by atoms with Crippen molar-refractivity contribution in [3.8, 4) is 0 Å². The van der Waals surface area contributed by atoms with Crippen molar-refractivity contribution >= 4 is 36.6 Å². The quantitative estimate of drug-likeness (QED) is 0.104. The lowest BCUT2D eigenvalue weighted by atomic mass is 9.78. The zero-order chi connectivity index (χ0) is 51.4. The standard InChI is InChI=1S/C53H84NO14P/c1-32-18-14-13-15-19-33(2)44(63-8)30-40-23-21-38(7)53(61,67-40)50(58)51(59)54-25-17-16-20-41(54)52(60)66-45(35(4)28-39-22-24-43(46(29-39)64-9)68-69(11,12)62)31-42(55)34(3)27-37(6)48(57)49(65-10)47(56)36(5)26-32/h13-15,18-19,27,32,34-36,38-41,43-46,48-49,57,61H,16-17,20-26,28-31H2,1-12H3/b15-13+,18-14-,33-19+,37-27+/t32-,34-,35-,36-,38-,39+,40?,41+,43?,44+,45+,46-,48-,49+,53-/m1/s1. The third-order valence-corrected chi connectivity index (χ3v) is 15.6. The fraction of sp³-hybridized carbons (Fsp3) is 0.755. The Morgan fingerprint density at radius 1 is 0.855 bits per heavy atom. The number of ether oxygens (including phenoxy) is 5. The highest BCUT2D eigenvalue weighted by Crippen LogP contribution is 2.45. The zero-order valence-electron chi connectivity index (χ0n) is 43.4. The van der Waals surface area contributed by atoms with Gasteiger partial charge in [-0.1, -0.05) is 71.1 Å². The van der Waals surface area contributed by atoms with E-state index in [-0.39, 0.29) is 60.9 Å². The van der Waals surface area contributed by atoms with Crippen LogP contribution in [0.1, 0.15) is 126 Å². The molecule has 0 radical (unpaired) electrons. The Morgan fingerprint density at radius 3 is 2.22 bits per heavy atom. The minimum Gasteiger partial charge on any atom is -0.460 e. The Balaban J connectivity index is 1.70. The van der Waals surface area contributed by atoms with Crippen LogP contribution in [0, 0.1) is 35.5 Å². The van der Waals surface area contributed by atoms with Crippen molar-refractivity contribution in [2.45, 2.75) is 180 Å². The number of hydrogen-bond acceptors (Lipinski definition) is 14. The molecular weight excluding hydrogens is 906 g/mol. The third-order valence-electron chi connectivity index (χ3n) is 14.8. The molecule has 2 saturated heterocycles. The molecule has 69 heavy (non-hydrogen) atoms. The highest BCUT2D eigenvalue weighted by Gasteiger charge is 2.53. The molecule has 15 nitrogen and oxygen atoms in total. The summed E-state index contributed by atoms with van der Waals surface area (Å²) in [6, 6.07) is -1.16. The van der Waals surface area contributed by atoms with Gasteiger partial charge in [0.25, 0.3) is 11.7 Å². The molecular formula is C53H84NO14P. The maximum atomic E-state index is 14.5. The van der Waals surface area contributed by atoms with Crippen LogP contribution in [0.2, 0.25) is 0 Å². The first-order valence-corrected chi connectivity index (χ1v) is 27.7. The number of piperidine rings is 1. The minimum absolute atomic E-state index is 0.0117. The molecule has 4 rings (SSSR count). The molecule has 390 valence electrons. The van der Waals surface area contributed by atoms with Gasteiger partial charge in [0.05, 0.1) is 24.4 Å². The number of Topliss-reactive ketones (excluding diaryl/α,β-unsaturated/α-hetero) is 3. The molecule has 0 spiro atoms. The third kappa shape index (κ3) is 16.2. The second kappa shape index (κ2) is 26.5. The molecule has 2 bridgehead atoms. The van der Waals surface area contributed by atoms with Crippen molar-refractivity contribution in [3.63, 3.8) is 0 Å². The zero-order valence-corrected chi connectivity index (χ0v) is 44.3. The van der Waals surface area contributed by atoms with Crippen molar-refractivity contribution in [1.29, 1.82) is 0 Å². The Hall–Kier alpha value is -3.14. The number of ketones is 3. The average molecular weight is 990 g/mol. The normalized spacial score (nSPS) is 39.0. The largest absolute Gasteiger partial charge is 0.460 e. The van der Waals surface area contributed by atoms with Crippen molar-refractivity contribution in [2.75, 3.05) is 41.2 Å². The number of allylic oxidation sites excluding steroid dienone is 6. The predicted molar refractivity (Wildman–Crippen MR) is 263 cm³/mol. The molecule has 2 N–H and O–H groups in total. The number of carbonyl (C=O) groups excluding carboxylic acids is 5. The molecule has 1 aliphatic carbocycles. The van der Waals surface area contributed by atoms with Gasteiger partial charge in [0.2, 0.25) is 5.79 Å². The molecule has 16 heteroatoms. The molecule has 1 saturated carbocycles. The first-order valence-electron chi connectivity index (χ1n) is 25.2. The number of carbonyl (C=O) groups is 5. The van der Waals surface area contributed by atoms with E-state index >= 15 is 0 Å². The molecule has 3 aliphatic heterocycles. The minimum atomic E-state index is -2.79. The summed E-state index contributed by atoms with van der Waals surface area (Å²) in [6.07, 6.45) is 11.4. The fourth-order valence-electron chi connectivity index (χ4n) is 10.5. The second-order valence-electron chi connectivity index (χ2n) is 20.9. The van der Waals surface area contributed by atoms with Gasteiger partial charge in [-0.3, -0.25) is 23.7 Å². The number of aliphatic hydroxyl groups excluding tert-OH is 1. The molecule has 3 heterocycles. The Morgan fingerprint density at radius 2 is 1.57 bits per heavy atom. The summed E-state index contributed by atoms with van der Waals surface area (Å²) in [7, 11) is 1.76. The van der Waals surface area contributed by atoms with Crippen LogP contribution < -0.4 is 0 Å². The van der Waals surface area contributed by atoms with Gasteiger partial charge in [-0.05, 0) is 107 Å². The van der Waals surface area contributed by atoms with E-state index in [0.29, 0.717) is 63.4 Å². The van der Waals surface area contributed by atoms with E-state index in [1.807, 2.05) is 58.1 Å². The maximum Gasteiger partial charge on any atom is 0.329 e. The van der Waals surface area contributed by atoms with Crippen LogP contribution in [0.3, 0.4) is 0 Å². The van der Waals surface area contributed by atoms with Crippen LogP contribution in [-0.4, -0.2) is 140 Å². The summed E-state index contributed by atoms with van der Waals surface area (Å²) in [4.78, 5) is 72.2. The summed E-state index contributed by atoms with van der Waals surface area (Å²) in [5, 5.41) is 23.5. The summed E-state index contributed by atoms with van der Waals surface area (Å²) in [5.41, 5.74) is 1.25. The van der Waals surface area contributed by atoms with Gasteiger partial charge in [-0.25, -0.2) is 4.79 Å². The van der Waals surface area contributed by atoms with Crippen LogP contribution in [-0.2, 0) is 56.7 Å². The number of methoxy groups -OCH3 is 3. The predicted octanol–water partition coefficient (Wildman–Crippen LogP) is 7.74. The number of rotatable bonds is 8. The molecule has 4 aliphatic rings. The van der Waals surface area contributed by atoms with E-state index in [1.54, 1.807) is 54.4 Å². The number of esters is 1. The van der Waals surface area contributed by atoms with Gasteiger partial charge in [-0.2, -0.15) is 0 Å². The van der Waals surface area contributed by atoms with Crippen molar-refractivity contribution in [2.24, 2.45) is 35.5 Å². The maximum absolute atomic E-state index is 14.5. The number of aliphatic hydroxyl groups is 2. The highest BCUT2D eigenvalue weighted by atomic mass is 31.2. The molecule has 2 unspecified atom stereocenters. The molecule has 15 atom stereocenters. The van der Waals surface area contributed by atoms with Gasteiger partial charge in [0.1, 0.15) is 30.1 Å². The van der Waals surface area contributed by atoms with Crippen molar-refractivity contribution < 1.29 is 67.0 Å². The lowest BCUT2D eigenvalue weighted by Gasteiger charge is -2.42. The Labute approximate surface area is 411 Å². The molecule has 0 aromatic carbocycles. The van der Waals surface area contributed by atoms with E-state index in [4.69, 9.17) is 28.2 Å².